The second kappa shape index (κ2) is 7.27. The third-order valence-corrected chi connectivity index (χ3v) is 5.63. The molecule has 2 heterocycles. The summed E-state index contributed by atoms with van der Waals surface area (Å²) in [7, 11) is 0. The Morgan fingerprint density at radius 1 is 1.44 bits per heavy atom. The van der Waals surface area contributed by atoms with E-state index in [2.05, 4.69) is 36.5 Å². The van der Waals surface area contributed by atoms with Gasteiger partial charge in [0.05, 0.1) is 6.20 Å². The zero-order valence-electron chi connectivity index (χ0n) is 14.6. The molecule has 0 bridgehead atoms. The van der Waals surface area contributed by atoms with E-state index in [1.165, 1.54) is 31.9 Å². The highest BCUT2D eigenvalue weighted by Gasteiger charge is 2.41. The molecule has 1 aromatic rings. The number of carbonyl (C=O) groups excluding carboxylic acids is 2. The van der Waals surface area contributed by atoms with Gasteiger partial charge in [-0.3, -0.25) is 9.59 Å². The van der Waals surface area contributed by atoms with E-state index in [1.54, 1.807) is 18.7 Å². The molecule has 0 radical (unpaired) electrons. The van der Waals surface area contributed by atoms with Gasteiger partial charge in [0, 0.05) is 19.6 Å². The lowest BCUT2D eigenvalue weighted by molar-refractivity contribution is -0.133. The van der Waals surface area contributed by atoms with Crippen molar-refractivity contribution in [3.05, 3.63) is 16.5 Å². The van der Waals surface area contributed by atoms with E-state index >= 15 is 0 Å². The van der Waals surface area contributed by atoms with Gasteiger partial charge in [-0.15, -0.1) is 0 Å². The van der Waals surface area contributed by atoms with Crippen LogP contribution in [0.15, 0.2) is 10.8 Å². The summed E-state index contributed by atoms with van der Waals surface area (Å²) in [5.74, 6) is 0.895. The number of hydrogen-bond donors (Lipinski definition) is 2. The van der Waals surface area contributed by atoms with Crippen molar-refractivity contribution in [3.8, 4) is 0 Å². The Hall–Kier alpha value is -1.70. The van der Waals surface area contributed by atoms with E-state index in [-0.39, 0.29) is 17.5 Å². The molecule has 3 rings (SSSR count). The van der Waals surface area contributed by atoms with Crippen LogP contribution in [0.1, 0.15) is 50.0 Å². The lowest BCUT2D eigenvalue weighted by Crippen LogP contribution is -2.63. The summed E-state index contributed by atoms with van der Waals surface area (Å²) < 4.78 is 0.524. The quantitative estimate of drug-likeness (QED) is 0.795. The van der Waals surface area contributed by atoms with Gasteiger partial charge in [0.1, 0.15) is 15.8 Å². The molecule has 1 saturated carbocycles. The number of aromatic nitrogens is 2. The molecule has 136 valence electrons. The molecule has 2 aliphatic rings. The van der Waals surface area contributed by atoms with Crippen molar-refractivity contribution in [1.29, 1.82) is 0 Å². The number of anilines is 1. The van der Waals surface area contributed by atoms with Crippen molar-refractivity contribution in [3.63, 3.8) is 0 Å². The highest BCUT2D eigenvalue weighted by Crippen LogP contribution is 2.26. The molecule has 2 fully saturated rings. The Bertz CT molecular complexity index is 673. The van der Waals surface area contributed by atoms with Gasteiger partial charge in [0.15, 0.2) is 5.82 Å². The van der Waals surface area contributed by atoms with Crippen molar-refractivity contribution in [2.45, 2.75) is 45.1 Å². The normalized spacial score (nSPS) is 20.4. The van der Waals surface area contributed by atoms with Crippen molar-refractivity contribution in [2.24, 2.45) is 5.92 Å². The lowest BCUT2D eigenvalue weighted by Gasteiger charge is -2.40. The van der Waals surface area contributed by atoms with Crippen LogP contribution in [0.5, 0.6) is 0 Å². The first-order valence-corrected chi connectivity index (χ1v) is 9.55. The van der Waals surface area contributed by atoms with Gasteiger partial charge in [0.25, 0.3) is 5.91 Å². The minimum atomic E-state index is -0.900. The van der Waals surface area contributed by atoms with Gasteiger partial charge in [-0.1, -0.05) is 12.8 Å². The minimum Gasteiger partial charge on any atom is -0.368 e. The van der Waals surface area contributed by atoms with Gasteiger partial charge in [-0.05, 0) is 48.5 Å². The monoisotopic (exact) mass is 409 g/mol. The first kappa shape index (κ1) is 18.1. The fraction of sp³-hybridized carbons (Fsp3) is 0.647. The standard InChI is InChI=1S/C17H24BrN5O2/c1-17(2)16(25)19-7-8-23(17)15(24)12-10-21-14(13(18)22-12)20-9-11-5-3-4-6-11/h10-11H,3-9H2,1-2H3,(H,19,25)(H,20,21). The van der Waals surface area contributed by atoms with Crippen molar-refractivity contribution in [1.82, 2.24) is 20.2 Å². The highest BCUT2D eigenvalue weighted by atomic mass is 79.9. The smallest absolute Gasteiger partial charge is 0.275 e. The summed E-state index contributed by atoms with van der Waals surface area (Å²) in [5, 5.41) is 6.10. The van der Waals surface area contributed by atoms with Crippen LogP contribution < -0.4 is 10.6 Å². The summed E-state index contributed by atoms with van der Waals surface area (Å²) in [4.78, 5) is 35.1. The van der Waals surface area contributed by atoms with Gasteiger partial charge in [0.2, 0.25) is 5.91 Å². The van der Waals surface area contributed by atoms with Crippen LogP contribution in [-0.4, -0.2) is 51.9 Å². The maximum atomic E-state index is 12.8. The van der Waals surface area contributed by atoms with Gasteiger partial charge < -0.3 is 15.5 Å². The van der Waals surface area contributed by atoms with E-state index in [1.807, 2.05) is 0 Å². The predicted molar refractivity (Wildman–Crippen MR) is 98.3 cm³/mol. The van der Waals surface area contributed by atoms with Crippen LogP contribution in [0, 0.1) is 5.92 Å². The second-order valence-corrected chi connectivity index (χ2v) is 7.95. The van der Waals surface area contributed by atoms with E-state index in [0.717, 1.165) is 6.54 Å². The van der Waals surface area contributed by atoms with Crippen LogP contribution in [0.3, 0.4) is 0 Å². The molecule has 0 spiro atoms. The van der Waals surface area contributed by atoms with Crippen LogP contribution in [-0.2, 0) is 4.79 Å². The molecule has 0 atom stereocenters. The number of carbonyl (C=O) groups is 2. The Balaban J connectivity index is 1.71. The number of rotatable bonds is 4. The zero-order chi connectivity index (χ0) is 18.0. The molecule has 0 aromatic carbocycles. The second-order valence-electron chi connectivity index (χ2n) is 7.20. The number of amides is 2. The topological polar surface area (TPSA) is 87.2 Å². The van der Waals surface area contributed by atoms with E-state index in [9.17, 15) is 9.59 Å². The molecule has 1 aliphatic heterocycles. The third-order valence-electron chi connectivity index (χ3n) is 5.08. The molecule has 2 N–H and O–H groups in total. The largest absolute Gasteiger partial charge is 0.368 e. The maximum absolute atomic E-state index is 12.8. The molecule has 2 amide bonds. The molecule has 1 aliphatic carbocycles. The van der Waals surface area contributed by atoms with Crippen LogP contribution in [0.25, 0.3) is 0 Å². The molecule has 0 unspecified atom stereocenters. The number of hydrogen-bond acceptors (Lipinski definition) is 5. The molecule has 8 heteroatoms. The minimum absolute atomic E-state index is 0.158. The van der Waals surface area contributed by atoms with Gasteiger partial charge in [-0.25, -0.2) is 9.97 Å². The van der Waals surface area contributed by atoms with E-state index < -0.39 is 5.54 Å². The molecule has 1 aromatic heterocycles. The van der Waals surface area contributed by atoms with Crippen molar-refractivity contribution in [2.75, 3.05) is 25.0 Å². The number of piperazine rings is 1. The van der Waals surface area contributed by atoms with E-state index in [4.69, 9.17) is 0 Å². The molecule has 1 saturated heterocycles. The molecular weight excluding hydrogens is 386 g/mol. The summed E-state index contributed by atoms with van der Waals surface area (Å²) in [6, 6.07) is 0. The first-order chi connectivity index (χ1) is 11.9. The fourth-order valence-electron chi connectivity index (χ4n) is 3.44. The first-order valence-electron chi connectivity index (χ1n) is 8.76. The van der Waals surface area contributed by atoms with Crippen molar-refractivity contribution < 1.29 is 9.59 Å². The summed E-state index contributed by atoms with van der Waals surface area (Å²) in [6.45, 7) is 5.25. The SMILES string of the molecule is CC1(C)C(=O)NCCN1C(=O)c1cnc(NCC2CCCC2)c(Br)n1. The summed E-state index contributed by atoms with van der Waals surface area (Å²) in [5.41, 5.74) is -0.663. The molecular formula is C17H24BrN5O2. The predicted octanol–water partition coefficient (Wildman–Crippen LogP) is 2.19. The molecule has 7 nitrogen and oxygen atoms in total. The number of nitrogens with zero attached hydrogens (tertiary/aromatic N) is 3. The zero-order valence-corrected chi connectivity index (χ0v) is 16.2. The summed E-state index contributed by atoms with van der Waals surface area (Å²) >= 11 is 3.40. The number of halogens is 1. The Morgan fingerprint density at radius 2 is 2.16 bits per heavy atom. The van der Waals surface area contributed by atoms with Crippen LogP contribution in [0.4, 0.5) is 5.82 Å². The Morgan fingerprint density at radius 3 is 2.84 bits per heavy atom. The van der Waals surface area contributed by atoms with Gasteiger partial charge in [-0.2, -0.15) is 0 Å². The van der Waals surface area contributed by atoms with Gasteiger partial charge >= 0.3 is 0 Å². The average Bonchev–Trinajstić information content (AvgIpc) is 3.09. The van der Waals surface area contributed by atoms with Crippen LogP contribution in [0.2, 0.25) is 0 Å². The number of nitrogens with one attached hydrogen (secondary N) is 2. The molecule has 25 heavy (non-hydrogen) atoms. The third kappa shape index (κ3) is 3.78. The summed E-state index contributed by atoms with van der Waals surface area (Å²) in [6.07, 6.45) is 6.58. The lowest BCUT2D eigenvalue weighted by atomic mass is 9.98. The highest BCUT2D eigenvalue weighted by molar-refractivity contribution is 9.10. The Labute approximate surface area is 156 Å². The van der Waals surface area contributed by atoms with E-state index in [0.29, 0.717) is 29.4 Å². The van der Waals surface area contributed by atoms with Crippen molar-refractivity contribution >= 4 is 33.6 Å². The average molecular weight is 410 g/mol. The Kier molecular flexibility index (Phi) is 5.27. The fourth-order valence-corrected chi connectivity index (χ4v) is 3.87. The van der Waals surface area contributed by atoms with Crippen LogP contribution >= 0.6 is 15.9 Å². The maximum Gasteiger partial charge on any atom is 0.275 e.